The van der Waals surface area contributed by atoms with Crippen molar-refractivity contribution in [2.24, 2.45) is 0 Å². The first-order valence-corrected chi connectivity index (χ1v) is 7.77. The van der Waals surface area contributed by atoms with E-state index in [0.717, 1.165) is 11.6 Å². The molecule has 0 bridgehead atoms. The molecule has 0 fully saturated rings. The summed E-state index contributed by atoms with van der Waals surface area (Å²) < 4.78 is 39.7. The molecule has 0 aliphatic carbocycles. The summed E-state index contributed by atoms with van der Waals surface area (Å²) in [6.45, 7) is 2.20. The quantitative estimate of drug-likeness (QED) is 0.921. The highest BCUT2D eigenvalue weighted by atomic mass is 32.2. The van der Waals surface area contributed by atoms with Gasteiger partial charge in [-0.3, -0.25) is 0 Å². The van der Waals surface area contributed by atoms with Gasteiger partial charge in [-0.2, -0.15) is 0 Å². The largest absolute Gasteiger partial charge is 0.240 e. The molecule has 1 N–H and O–H groups in total. The van der Waals surface area contributed by atoms with Gasteiger partial charge in [-0.15, -0.1) is 0 Å². The maximum atomic E-state index is 13.1. The van der Waals surface area contributed by atoms with E-state index in [0.29, 0.717) is 0 Å². The van der Waals surface area contributed by atoms with Crippen molar-refractivity contribution < 1.29 is 12.8 Å². The third kappa shape index (κ3) is 3.65. The minimum absolute atomic E-state index is 0.0412. The second-order valence-electron chi connectivity index (χ2n) is 4.62. The minimum Gasteiger partial charge on any atom is -0.211 e. The van der Waals surface area contributed by atoms with Crippen molar-refractivity contribution in [2.75, 3.05) is 6.54 Å². The van der Waals surface area contributed by atoms with E-state index in [1.807, 2.05) is 37.3 Å². The van der Waals surface area contributed by atoms with Crippen LogP contribution in [0.3, 0.4) is 0 Å². The molecule has 0 saturated carbocycles. The first-order valence-electron chi connectivity index (χ1n) is 6.29. The molecule has 2 aromatic carbocycles. The zero-order valence-corrected chi connectivity index (χ0v) is 11.9. The molecule has 0 amide bonds. The Morgan fingerprint density at radius 3 is 2.45 bits per heavy atom. The molecule has 0 saturated heterocycles. The Hall–Kier alpha value is -1.72. The van der Waals surface area contributed by atoms with Crippen molar-refractivity contribution in [3.63, 3.8) is 0 Å². The summed E-state index contributed by atoms with van der Waals surface area (Å²) in [5.74, 6) is -0.525. The maximum absolute atomic E-state index is 13.1. The molecular formula is C15H16FNO2S. The third-order valence-electron chi connectivity index (χ3n) is 3.05. The molecular weight excluding hydrogens is 277 g/mol. The van der Waals surface area contributed by atoms with Gasteiger partial charge >= 0.3 is 0 Å². The van der Waals surface area contributed by atoms with Crippen molar-refractivity contribution in [3.8, 4) is 0 Å². The summed E-state index contributed by atoms with van der Waals surface area (Å²) in [5, 5.41) is 0. The van der Waals surface area contributed by atoms with Crippen LogP contribution < -0.4 is 4.72 Å². The number of rotatable bonds is 5. The molecule has 0 aromatic heterocycles. The number of sulfonamides is 1. The van der Waals surface area contributed by atoms with Crippen LogP contribution in [0.1, 0.15) is 18.4 Å². The van der Waals surface area contributed by atoms with Crippen LogP contribution in [-0.2, 0) is 10.0 Å². The fourth-order valence-electron chi connectivity index (χ4n) is 1.85. The van der Waals surface area contributed by atoms with Crippen molar-refractivity contribution >= 4 is 10.0 Å². The molecule has 0 aliphatic heterocycles. The molecule has 20 heavy (non-hydrogen) atoms. The monoisotopic (exact) mass is 293 g/mol. The molecule has 1 atom stereocenters. The summed E-state index contributed by atoms with van der Waals surface area (Å²) in [7, 11) is -3.68. The normalized spacial score (nSPS) is 13.1. The van der Waals surface area contributed by atoms with Gasteiger partial charge in [0.1, 0.15) is 5.82 Å². The molecule has 3 nitrogen and oxygen atoms in total. The van der Waals surface area contributed by atoms with Gasteiger partial charge in [0.15, 0.2) is 0 Å². The zero-order valence-electron chi connectivity index (χ0n) is 11.1. The lowest BCUT2D eigenvalue weighted by Gasteiger charge is -2.13. The average Bonchev–Trinajstić information content (AvgIpc) is 2.46. The van der Waals surface area contributed by atoms with Gasteiger partial charge in [-0.25, -0.2) is 17.5 Å². The average molecular weight is 293 g/mol. The van der Waals surface area contributed by atoms with E-state index >= 15 is 0 Å². The van der Waals surface area contributed by atoms with Gasteiger partial charge in [0.25, 0.3) is 0 Å². The molecule has 2 rings (SSSR count). The lowest BCUT2D eigenvalue weighted by Crippen LogP contribution is -2.27. The Kier molecular flexibility index (Phi) is 4.52. The van der Waals surface area contributed by atoms with Crippen LogP contribution in [0.2, 0.25) is 0 Å². The van der Waals surface area contributed by atoms with E-state index in [9.17, 15) is 12.8 Å². The fraction of sp³-hybridized carbons (Fsp3) is 0.200. The van der Waals surface area contributed by atoms with Crippen molar-refractivity contribution in [3.05, 3.63) is 66.0 Å². The smallest absolute Gasteiger partial charge is 0.211 e. The summed E-state index contributed by atoms with van der Waals surface area (Å²) in [6, 6.07) is 14.6. The highest BCUT2D eigenvalue weighted by molar-refractivity contribution is 7.89. The first kappa shape index (κ1) is 14.7. The number of benzene rings is 2. The molecule has 0 radical (unpaired) electrons. The van der Waals surface area contributed by atoms with Crippen LogP contribution in [-0.4, -0.2) is 15.0 Å². The van der Waals surface area contributed by atoms with Crippen molar-refractivity contribution in [2.45, 2.75) is 17.7 Å². The van der Waals surface area contributed by atoms with E-state index in [1.54, 1.807) is 0 Å². The molecule has 0 aliphatic rings. The van der Waals surface area contributed by atoms with E-state index in [4.69, 9.17) is 0 Å². The number of halogens is 1. The summed E-state index contributed by atoms with van der Waals surface area (Å²) in [4.78, 5) is -0.0576. The molecule has 1 unspecified atom stereocenters. The highest BCUT2D eigenvalue weighted by Crippen LogP contribution is 2.15. The van der Waals surface area contributed by atoms with Gasteiger partial charge in [-0.1, -0.05) is 43.3 Å². The second kappa shape index (κ2) is 6.15. The van der Waals surface area contributed by atoms with Gasteiger partial charge in [-0.05, 0) is 29.7 Å². The number of nitrogens with one attached hydrogen (secondary N) is 1. The first-order chi connectivity index (χ1) is 9.49. The topological polar surface area (TPSA) is 46.2 Å². The molecule has 2 aromatic rings. The third-order valence-corrected chi connectivity index (χ3v) is 4.48. The van der Waals surface area contributed by atoms with Gasteiger partial charge in [0.05, 0.1) is 4.90 Å². The maximum Gasteiger partial charge on any atom is 0.240 e. The predicted octanol–water partition coefficient (Wildman–Crippen LogP) is 2.91. The Labute approximate surface area is 118 Å². The minimum atomic E-state index is -3.68. The Bertz CT molecular complexity index is 671. The van der Waals surface area contributed by atoms with E-state index in [1.165, 1.54) is 18.2 Å². The molecule has 0 heterocycles. The Morgan fingerprint density at radius 2 is 1.80 bits per heavy atom. The van der Waals surface area contributed by atoms with Crippen LogP contribution in [0, 0.1) is 5.82 Å². The van der Waals surface area contributed by atoms with Crippen LogP contribution in [0.5, 0.6) is 0 Å². The lowest BCUT2D eigenvalue weighted by atomic mass is 10.0. The lowest BCUT2D eigenvalue weighted by molar-refractivity contribution is 0.571. The van der Waals surface area contributed by atoms with Gasteiger partial charge in [0, 0.05) is 6.54 Å². The van der Waals surface area contributed by atoms with Crippen molar-refractivity contribution in [1.29, 1.82) is 0 Å². The summed E-state index contributed by atoms with van der Waals surface area (Å²) in [6.07, 6.45) is 0. The van der Waals surface area contributed by atoms with Crippen LogP contribution in [0.15, 0.2) is 59.5 Å². The molecule has 5 heteroatoms. The van der Waals surface area contributed by atoms with E-state index < -0.39 is 15.8 Å². The Morgan fingerprint density at radius 1 is 1.10 bits per heavy atom. The molecule has 0 spiro atoms. The standard InChI is InChI=1S/C15H16FNO2S/c1-12(13-6-3-2-4-7-13)11-17-20(18,19)15-9-5-8-14(16)10-15/h2-10,12,17H,11H2,1H3. The predicted molar refractivity (Wildman–Crippen MR) is 76.4 cm³/mol. The zero-order chi connectivity index (χ0) is 14.6. The van der Waals surface area contributed by atoms with Crippen LogP contribution in [0.4, 0.5) is 4.39 Å². The number of hydrogen-bond donors (Lipinski definition) is 1. The van der Waals surface area contributed by atoms with E-state index in [2.05, 4.69) is 4.72 Å². The van der Waals surface area contributed by atoms with Crippen LogP contribution in [0.25, 0.3) is 0 Å². The van der Waals surface area contributed by atoms with Gasteiger partial charge in [0.2, 0.25) is 10.0 Å². The SMILES string of the molecule is CC(CNS(=O)(=O)c1cccc(F)c1)c1ccccc1. The van der Waals surface area contributed by atoms with E-state index in [-0.39, 0.29) is 17.4 Å². The van der Waals surface area contributed by atoms with Gasteiger partial charge < -0.3 is 0 Å². The highest BCUT2D eigenvalue weighted by Gasteiger charge is 2.16. The van der Waals surface area contributed by atoms with Crippen LogP contribution >= 0.6 is 0 Å². The van der Waals surface area contributed by atoms with Crippen molar-refractivity contribution in [1.82, 2.24) is 4.72 Å². The number of hydrogen-bond acceptors (Lipinski definition) is 2. The second-order valence-corrected chi connectivity index (χ2v) is 6.39. The summed E-state index contributed by atoms with van der Waals surface area (Å²) >= 11 is 0. The summed E-state index contributed by atoms with van der Waals surface area (Å²) in [5.41, 5.74) is 1.05. The fourth-order valence-corrected chi connectivity index (χ4v) is 3.01. The molecule has 106 valence electrons. The Balaban J connectivity index is 2.07.